The Morgan fingerprint density at radius 3 is 2.24 bits per heavy atom. The highest BCUT2D eigenvalue weighted by Crippen LogP contribution is 2.10. The molecule has 1 amide bonds. The molecule has 0 unspecified atom stereocenters. The highest BCUT2D eigenvalue weighted by molar-refractivity contribution is 7.89. The number of carboxylic acid groups (broad SMARTS) is 1. The maximum atomic E-state index is 11.9. The van der Waals surface area contributed by atoms with Crippen LogP contribution in [0.4, 0.5) is 4.79 Å². The average Bonchev–Trinajstić information content (AvgIpc) is 2.29. The van der Waals surface area contributed by atoms with Crippen LogP contribution in [0.3, 0.4) is 0 Å². The number of amides is 1. The van der Waals surface area contributed by atoms with E-state index in [1.165, 1.54) is 9.21 Å². The largest absolute Gasteiger partial charge is 0.465 e. The van der Waals surface area contributed by atoms with Crippen molar-refractivity contribution in [1.82, 2.24) is 9.21 Å². The standard InChI is InChI=1S/C10H20N2O4S/c1-2-3-4-9-17(15,16)12-7-5-11(6-8-12)10(13)14/h2-9H2,1H3,(H,13,14). The Morgan fingerprint density at radius 2 is 1.76 bits per heavy atom. The summed E-state index contributed by atoms with van der Waals surface area (Å²) in [7, 11) is -3.19. The van der Waals surface area contributed by atoms with Crippen LogP contribution in [0.1, 0.15) is 26.2 Å². The van der Waals surface area contributed by atoms with Crippen molar-refractivity contribution < 1.29 is 18.3 Å². The van der Waals surface area contributed by atoms with Gasteiger partial charge in [0.25, 0.3) is 0 Å². The molecule has 1 aliphatic rings. The van der Waals surface area contributed by atoms with Crippen LogP contribution >= 0.6 is 0 Å². The molecule has 0 radical (unpaired) electrons. The van der Waals surface area contributed by atoms with Gasteiger partial charge in [-0.15, -0.1) is 0 Å². The SMILES string of the molecule is CCCCCS(=O)(=O)N1CCN(C(=O)O)CC1. The van der Waals surface area contributed by atoms with E-state index >= 15 is 0 Å². The van der Waals surface area contributed by atoms with E-state index in [1.54, 1.807) is 0 Å². The van der Waals surface area contributed by atoms with Gasteiger partial charge in [-0.25, -0.2) is 13.2 Å². The van der Waals surface area contributed by atoms with Crippen molar-refractivity contribution in [3.8, 4) is 0 Å². The van der Waals surface area contributed by atoms with Crippen LogP contribution in [-0.2, 0) is 10.0 Å². The number of piperazine rings is 1. The molecule has 0 aromatic rings. The third kappa shape index (κ3) is 4.16. The summed E-state index contributed by atoms with van der Waals surface area (Å²) in [5.74, 6) is 0.175. The molecule has 1 N–H and O–H groups in total. The van der Waals surface area contributed by atoms with Crippen molar-refractivity contribution in [3.63, 3.8) is 0 Å². The van der Waals surface area contributed by atoms with Gasteiger partial charge in [0.1, 0.15) is 0 Å². The fourth-order valence-corrected chi connectivity index (χ4v) is 3.37. The van der Waals surface area contributed by atoms with Gasteiger partial charge >= 0.3 is 6.09 Å². The van der Waals surface area contributed by atoms with E-state index in [0.717, 1.165) is 12.8 Å². The lowest BCUT2D eigenvalue weighted by atomic mass is 10.3. The summed E-state index contributed by atoms with van der Waals surface area (Å²) in [5, 5.41) is 8.76. The van der Waals surface area contributed by atoms with Crippen LogP contribution in [0, 0.1) is 0 Å². The van der Waals surface area contributed by atoms with Gasteiger partial charge in [0, 0.05) is 26.2 Å². The molecule has 0 aromatic carbocycles. The molecule has 0 aromatic heterocycles. The Bertz CT molecular complexity index is 347. The van der Waals surface area contributed by atoms with Gasteiger partial charge < -0.3 is 10.0 Å². The smallest absolute Gasteiger partial charge is 0.407 e. The molecule has 1 heterocycles. The predicted octanol–water partition coefficient (Wildman–Crippen LogP) is 0.802. The Labute approximate surface area is 102 Å². The van der Waals surface area contributed by atoms with Crippen molar-refractivity contribution >= 4 is 16.1 Å². The molecular weight excluding hydrogens is 244 g/mol. The molecule has 0 aliphatic carbocycles. The third-order valence-corrected chi connectivity index (χ3v) is 4.86. The molecule has 7 heteroatoms. The summed E-state index contributed by atoms with van der Waals surface area (Å²) in [6.07, 6.45) is 1.60. The number of sulfonamides is 1. The zero-order valence-electron chi connectivity index (χ0n) is 10.1. The first-order valence-electron chi connectivity index (χ1n) is 5.93. The Kier molecular flexibility index (Phi) is 5.20. The van der Waals surface area contributed by atoms with Crippen LogP contribution in [0.25, 0.3) is 0 Å². The Hall–Kier alpha value is -0.820. The second-order valence-electron chi connectivity index (χ2n) is 4.19. The molecular formula is C10H20N2O4S. The summed E-state index contributed by atoms with van der Waals surface area (Å²) >= 11 is 0. The van der Waals surface area contributed by atoms with E-state index in [4.69, 9.17) is 5.11 Å². The van der Waals surface area contributed by atoms with Crippen LogP contribution in [0.2, 0.25) is 0 Å². The number of carbonyl (C=O) groups is 1. The molecule has 1 saturated heterocycles. The van der Waals surface area contributed by atoms with Gasteiger partial charge in [-0.1, -0.05) is 19.8 Å². The van der Waals surface area contributed by atoms with Gasteiger partial charge in [0.05, 0.1) is 5.75 Å². The highest BCUT2D eigenvalue weighted by Gasteiger charge is 2.27. The van der Waals surface area contributed by atoms with Gasteiger partial charge in [-0.3, -0.25) is 0 Å². The first kappa shape index (κ1) is 14.2. The summed E-state index contributed by atoms with van der Waals surface area (Å²) in [6, 6.07) is 0. The second kappa shape index (κ2) is 6.20. The van der Waals surface area contributed by atoms with Crippen molar-refractivity contribution in [3.05, 3.63) is 0 Å². The van der Waals surface area contributed by atoms with Gasteiger partial charge in [0.15, 0.2) is 0 Å². The van der Waals surface area contributed by atoms with Crippen molar-refractivity contribution in [2.24, 2.45) is 0 Å². The van der Waals surface area contributed by atoms with Gasteiger partial charge in [-0.2, -0.15) is 4.31 Å². The molecule has 1 aliphatic heterocycles. The zero-order valence-corrected chi connectivity index (χ0v) is 10.9. The minimum absolute atomic E-state index is 0.175. The molecule has 0 spiro atoms. The molecule has 17 heavy (non-hydrogen) atoms. The second-order valence-corrected chi connectivity index (χ2v) is 6.28. The Balaban J connectivity index is 2.44. The molecule has 100 valence electrons. The van der Waals surface area contributed by atoms with Crippen molar-refractivity contribution in [1.29, 1.82) is 0 Å². The fraction of sp³-hybridized carbons (Fsp3) is 0.900. The zero-order chi connectivity index (χ0) is 12.9. The molecule has 0 atom stereocenters. The van der Waals surface area contributed by atoms with Crippen LogP contribution < -0.4 is 0 Å². The summed E-state index contributed by atoms with van der Waals surface area (Å²) < 4.78 is 25.2. The highest BCUT2D eigenvalue weighted by atomic mass is 32.2. The number of hydrogen-bond acceptors (Lipinski definition) is 3. The monoisotopic (exact) mass is 264 g/mol. The van der Waals surface area contributed by atoms with Gasteiger partial charge in [-0.05, 0) is 6.42 Å². The maximum Gasteiger partial charge on any atom is 0.407 e. The van der Waals surface area contributed by atoms with Crippen molar-refractivity contribution in [2.45, 2.75) is 26.2 Å². The number of hydrogen-bond donors (Lipinski definition) is 1. The third-order valence-electron chi connectivity index (χ3n) is 2.91. The summed E-state index contributed by atoms with van der Waals surface area (Å²) in [4.78, 5) is 11.9. The first-order valence-corrected chi connectivity index (χ1v) is 7.54. The summed E-state index contributed by atoms with van der Waals surface area (Å²) in [5.41, 5.74) is 0. The number of unbranched alkanes of at least 4 members (excludes halogenated alkanes) is 2. The summed E-state index contributed by atoms with van der Waals surface area (Å²) in [6.45, 7) is 3.12. The number of nitrogens with zero attached hydrogens (tertiary/aromatic N) is 2. The van der Waals surface area contributed by atoms with Crippen molar-refractivity contribution in [2.75, 3.05) is 31.9 Å². The van der Waals surface area contributed by atoms with E-state index < -0.39 is 16.1 Å². The molecule has 1 rings (SSSR count). The van der Waals surface area contributed by atoms with E-state index in [1.807, 2.05) is 6.92 Å². The predicted molar refractivity (Wildman–Crippen MR) is 64.5 cm³/mol. The topological polar surface area (TPSA) is 77.9 Å². The normalized spacial score (nSPS) is 18.3. The Morgan fingerprint density at radius 1 is 1.18 bits per heavy atom. The minimum atomic E-state index is -3.19. The molecule has 0 bridgehead atoms. The lowest BCUT2D eigenvalue weighted by Gasteiger charge is -2.32. The average molecular weight is 264 g/mol. The van der Waals surface area contributed by atoms with E-state index in [2.05, 4.69) is 0 Å². The van der Waals surface area contributed by atoms with Crippen LogP contribution in [0.15, 0.2) is 0 Å². The van der Waals surface area contributed by atoms with Gasteiger partial charge in [0.2, 0.25) is 10.0 Å². The molecule has 1 fully saturated rings. The molecule has 6 nitrogen and oxygen atoms in total. The van der Waals surface area contributed by atoms with E-state index in [0.29, 0.717) is 6.42 Å². The fourth-order valence-electron chi connectivity index (χ4n) is 1.82. The quantitative estimate of drug-likeness (QED) is 0.745. The van der Waals surface area contributed by atoms with E-state index in [-0.39, 0.29) is 31.9 Å². The van der Waals surface area contributed by atoms with Crippen LogP contribution in [-0.4, -0.2) is 60.8 Å². The van der Waals surface area contributed by atoms with E-state index in [9.17, 15) is 13.2 Å². The minimum Gasteiger partial charge on any atom is -0.465 e. The maximum absolute atomic E-state index is 11.9. The van der Waals surface area contributed by atoms with Crippen LogP contribution in [0.5, 0.6) is 0 Å². The first-order chi connectivity index (χ1) is 7.97. The lowest BCUT2D eigenvalue weighted by molar-refractivity contribution is 0.126. The molecule has 0 saturated carbocycles. The number of rotatable bonds is 5. The lowest BCUT2D eigenvalue weighted by Crippen LogP contribution is -2.50.